The number of amides is 2. The van der Waals surface area contributed by atoms with E-state index in [1.165, 1.54) is 36.6 Å². The summed E-state index contributed by atoms with van der Waals surface area (Å²) in [6.07, 6.45) is 6.26. The molecule has 2 aromatic rings. The first kappa shape index (κ1) is 24.4. The highest BCUT2D eigenvalue weighted by atomic mass is 32.2. The summed E-state index contributed by atoms with van der Waals surface area (Å²) >= 11 is 1.53. The van der Waals surface area contributed by atoms with Gasteiger partial charge in [0.2, 0.25) is 11.8 Å². The number of rotatable bonds is 9. The molecule has 1 aliphatic carbocycles. The van der Waals surface area contributed by atoms with Gasteiger partial charge in [-0.15, -0.1) is 11.8 Å². The molecule has 0 spiro atoms. The maximum Gasteiger partial charge on any atom is 0.243 e. The number of nitrogens with zero attached hydrogens (tertiary/aromatic N) is 1. The van der Waals surface area contributed by atoms with Crippen molar-refractivity contribution in [2.45, 2.75) is 82.8 Å². The molecule has 172 valence electrons. The van der Waals surface area contributed by atoms with E-state index in [4.69, 9.17) is 0 Å². The summed E-state index contributed by atoms with van der Waals surface area (Å²) < 4.78 is 0. The third-order valence-electron chi connectivity index (χ3n) is 6.16. The van der Waals surface area contributed by atoms with Gasteiger partial charge in [0.25, 0.3) is 0 Å². The maximum absolute atomic E-state index is 13.4. The molecule has 4 nitrogen and oxygen atoms in total. The summed E-state index contributed by atoms with van der Waals surface area (Å²) in [5.74, 6) is 0.311. The van der Waals surface area contributed by atoms with E-state index in [2.05, 4.69) is 43.4 Å². The van der Waals surface area contributed by atoms with Crippen LogP contribution in [0.4, 0.5) is 0 Å². The second-order valence-corrected chi connectivity index (χ2v) is 9.93. The van der Waals surface area contributed by atoms with Crippen LogP contribution < -0.4 is 5.32 Å². The lowest BCUT2D eigenvalue weighted by Crippen LogP contribution is -2.52. The van der Waals surface area contributed by atoms with Gasteiger partial charge in [0, 0.05) is 17.5 Å². The summed E-state index contributed by atoms with van der Waals surface area (Å²) in [7, 11) is 0. The molecule has 1 atom stereocenters. The Balaban J connectivity index is 1.74. The first-order valence-corrected chi connectivity index (χ1v) is 12.8. The van der Waals surface area contributed by atoms with Crippen LogP contribution in [0.3, 0.4) is 0 Å². The van der Waals surface area contributed by atoms with E-state index in [1.807, 2.05) is 31.2 Å². The van der Waals surface area contributed by atoms with Gasteiger partial charge in [-0.05, 0) is 50.8 Å². The number of thioether (sulfide) groups is 1. The van der Waals surface area contributed by atoms with E-state index in [9.17, 15) is 9.59 Å². The van der Waals surface area contributed by atoms with Crippen LogP contribution in [0.5, 0.6) is 0 Å². The van der Waals surface area contributed by atoms with Crippen molar-refractivity contribution >= 4 is 23.6 Å². The quantitative estimate of drug-likeness (QED) is 0.500. The fourth-order valence-corrected chi connectivity index (χ4v) is 5.12. The summed E-state index contributed by atoms with van der Waals surface area (Å²) in [6, 6.07) is 16.2. The highest BCUT2D eigenvalue weighted by molar-refractivity contribution is 8.00. The number of aryl methyl sites for hydroxylation is 2. The number of benzene rings is 2. The van der Waals surface area contributed by atoms with Crippen molar-refractivity contribution in [2.75, 3.05) is 5.75 Å². The van der Waals surface area contributed by atoms with Crippen molar-refractivity contribution in [3.8, 4) is 0 Å². The molecule has 5 heteroatoms. The average Bonchev–Trinajstić information content (AvgIpc) is 2.79. The van der Waals surface area contributed by atoms with Gasteiger partial charge in [-0.25, -0.2) is 0 Å². The average molecular weight is 453 g/mol. The normalized spacial score (nSPS) is 15.2. The molecular weight excluding hydrogens is 416 g/mol. The fourth-order valence-electron chi connectivity index (χ4n) is 4.33. The van der Waals surface area contributed by atoms with Crippen molar-refractivity contribution in [3.05, 3.63) is 65.2 Å². The van der Waals surface area contributed by atoms with Gasteiger partial charge in [-0.2, -0.15) is 0 Å². The van der Waals surface area contributed by atoms with Crippen LogP contribution in [0.25, 0.3) is 0 Å². The first-order chi connectivity index (χ1) is 15.5. The summed E-state index contributed by atoms with van der Waals surface area (Å²) in [5.41, 5.74) is 3.42. The molecule has 1 saturated carbocycles. The molecule has 2 amide bonds. The third-order valence-corrected chi connectivity index (χ3v) is 7.15. The predicted molar refractivity (Wildman–Crippen MR) is 133 cm³/mol. The van der Waals surface area contributed by atoms with Gasteiger partial charge in [0.1, 0.15) is 6.04 Å². The Morgan fingerprint density at radius 2 is 1.75 bits per heavy atom. The van der Waals surface area contributed by atoms with E-state index in [0.29, 0.717) is 18.7 Å². The van der Waals surface area contributed by atoms with Crippen molar-refractivity contribution in [3.63, 3.8) is 0 Å². The highest BCUT2D eigenvalue weighted by Gasteiger charge is 2.30. The minimum Gasteiger partial charge on any atom is -0.352 e. The van der Waals surface area contributed by atoms with Crippen molar-refractivity contribution in [2.24, 2.45) is 0 Å². The van der Waals surface area contributed by atoms with Crippen molar-refractivity contribution in [1.82, 2.24) is 10.2 Å². The van der Waals surface area contributed by atoms with Crippen LogP contribution in [-0.2, 0) is 16.1 Å². The zero-order chi connectivity index (χ0) is 22.9. The maximum atomic E-state index is 13.4. The minimum absolute atomic E-state index is 0.00252. The Bertz CT molecular complexity index is 891. The molecule has 0 radical (unpaired) electrons. The number of hydrogen-bond acceptors (Lipinski definition) is 3. The van der Waals surface area contributed by atoms with Gasteiger partial charge in [-0.3, -0.25) is 9.59 Å². The topological polar surface area (TPSA) is 49.4 Å². The number of carbonyl (C=O) groups excluding carboxylic acids is 2. The van der Waals surface area contributed by atoms with Crippen LogP contribution in [0, 0.1) is 13.8 Å². The standard InChI is InChI=1S/C27H36N2O2S/c1-4-25(27(31)28-23-11-6-5-7-12-23)29(18-22-10-8-9-21(3)17-22)26(30)19-32-24-15-13-20(2)14-16-24/h8-10,13-17,23,25H,4-7,11-12,18-19H2,1-3H3,(H,28,31). The summed E-state index contributed by atoms with van der Waals surface area (Å²) in [5, 5.41) is 3.24. The SMILES string of the molecule is CCC(C(=O)NC1CCCCC1)N(Cc1cccc(C)c1)C(=O)CSc1ccc(C)cc1. The zero-order valence-electron chi connectivity index (χ0n) is 19.6. The molecule has 32 heavy (non-hydrogen) atoms. The van der Waals surface area contributed by atoms with E-state index >= 15 is 0 Å². The first-order valence-electron chi connectivity index (χ1n) is 11.8. The number of carbonyl (C=O) groups is 2. The largest absolute Gasteiger partial charge is 0.352 e. The Labute approximate surface area is 197 Å². The van der Waals surface area contributed by atoms with Crippen LogP contribution in [0.15, 0.2) is 53.4 Å². The lowest BCUT2D eigenvalue weighted by atomic mass is 9.95. The molecule has 1 unspecified atom stereocenters. The van der Waals surface area contributed by atoms with Gasteiger partial charge < -0.3 is 10.2 Å². The van der Waals surface area contributed by atoms with Gasteiger partial charge in [0.15, 0.2) is 0 Å². The second kappa shape index (κ2) is 12.1. The van der Waals surface area contributed by atoms with Gasteiger partial charge in [-0.1, -0.05) is 73.7 Å². The van der Waals surface area contributed by atoms with Crippen LogP contribution in [0.1, 0.15) is 62.1 Å². The van der Waals surface area contributed by atoms with E-state index in [1.54, 1.807) is 4.90 Å². The van der Waals surface area contributed by atoms with Crippen molar-refractivity contribution in [1.29, 1.82) is 0 Å². The Kier molecular flexibility index (Phi) is 9.22. The summed E-state index contributed by atoms with van der Waals surface area (Å²) in [6.45, 7) is 6.55. The monoisotopic (exact) mass is 452 g/mol. The number of hydrogen-bond donors (Lipinski definition) is 1. The molecule has 1 fully saturated rings. The predicted octanol–water partition coefficient (Wildman–Crippen LogP) is 5.65. The lowest BCUT2D eigenvalue weighted by molar-refractivity contribution is -0.139. The molecule has 0 aromatic heterocycles. The molecule has 0 saturated heterocycles. The molecule has 2 aromatic carbocycles. The Morgan fingerprint density at radius 1 is 1.03 bits per heavy atom. The third kappa shape index (κ3) is 7.13. The molecule has 0 heterocycles. The Hall–Kier alpha value is -2.27. The molecule has 0 bridgehead atoms. The number of nitrogens with one attached hydrogen (secondary N) is 1. The fraction of sp³-hybridized carbons (Fsp3) is 0.481. The smallest absolute Gasteiger partial charge is 0.243 e. The van der Waals surface area contributed by atoms with E-state index < -0.39 is 6.04 Å². The zero-order valence-corrected chi connectivity index (χ0v) is 20.4. The molecule has 1 aliphatic rings. The van der Waals surface area contributed by atoms with Crippen LogP contribution >= 0.6 is 11.8 Å². The van der Waals surface area contributed by atoms with Crippen LogP contribution in [0.2, 0.25) is 0 Å². The molecular formula is C27H36N2O2S. The second-order valence-electron chi connectivity index (χ2n) is 8.88. The van der Waals surface area contributed by atoms with Gasteiger partial charge in [0.05, 0.1) is 5.75 Å². The van der Waals surface area contributed by atoms with Crippen molar-refractivity contribution < 1.29 is 9.59 Å². The van der Waals surface area contributed by atoms with Gasteiger partial charge >= 0.3 is 0 Å². The minimum atomic E-state index is -0.455. The van der Waals surface area contributed by atoms with E-state index in [0.717, 1.165) is 28.9 Å². The summed E-state index contributed by atoms with van der Waals surface area (Å²) in [4.78, 5) is 29.5. The van der Waals surface area contributed by atoms with E-state index in [-0.39, 0.29) is 17.9 Å². The highest BCUT2D eigenvalue weighted by Crippen LogP contribution is 2.22. The lowest BCUT2D eigenvalue weighted by Gasteiger charge is -2.32. The molecule has 1 N–H and O–H groups in total. The Morgan fingerprint density at radius 3 is 2.41 bits per heavy atom. The molecule has 3 rings (SSSR count). The molecule has 0 aliphatic heterocycles. The van der Waals surface area contributed by atoms with Crippen LogP contribution in [-0.4, -0.2) is 34.6 Å².